The second kappa shape index (κ2) is 4.45. The first-order valence-corrected chi connectivity index (χ1v) is 6.37. The molecule has 1 unspecified atom stereocenters. The molecule has 1 heterocycles. The Morgan fingerprint density at radius 3 is 2.64 bits per heavy atom. The third-order valence-electron chi connectivity index (χ3n) is 3.34. The molecular weight excluding hydrogens is 192 g/mol. The van der Waals surface area contributed by atoms with Crippen LogP contribution in [0.5, 0.6) is 0 Å². The van der Waals surface area contributed by atoms with Gasteiger partial charge in [-0.3, -0.25) is 0 Å². The zero-order valence-corrected chi connectivity index (χ0v) is 9.46. The van der Waals surface area contributed by atoms with Gasteiger partial charge in [0.2, 0.25) is 0 Å². The van der Waals surface area contributed by atoms with Crippen LogP contribution in [-0.4, -0.2) is 5.11 Å². The highest BCUT2D eigenvalue weighted by Gasteiger charge is 2.25. The van der Waals surface area contributed by atoms with Gasteiger partial charge in [0.05, 0.1) is 6.10 Å². The van der Waals surface area contributed by atoms with Gasteiger partial charge in [0.1, 0.15) is 0 Å². The Bertz CT molecular complexity index is 260. The average Bonchev–Trinajstić information content (AvgIpc) is 2.71. The number of hydrogen-bond donors (Lipinski definition) is 1. The molecule has 1 saturated carbocycles. The minimum Gasteiger partial charge on any atom is -0.387 e. The van der Waals surface area contributed by atoms with Gasteiger partial charge in [0, 0.05) is 4.88 Å². The van der Waals surface area contributed by atoms with Crippen LogP contribution in [0.2, 0.25) is 0 Å². The first kappa shape index (κ1) is 10.2. The number of aliphatic hydroxyl groups excluding tert-OH is 1. The van der Waals surface area contributed by atoms with E-state index in [1.807, 2.05) is 17.5 Å². The van der Waals surface area contributed by atoms with Gasteiger partial charge in [0.25, 0.3) is 0 Å². The van der Waals surface area contributed by atoms with E-state index in [-0.39, 0.29) is 6.10 Å². The molecule has 78 valence electrons. The van der Waals surface area contributed by atoms with Crippen LogP contribution in [0.15, 0.2) is 17.5 Å². The molecule has 1 nitrogen and oxygen atoms in total. The van der Waals surface area contributed by atoms with Gasteiger partial charge >= 0.3 is 0 Å². The van der Waals surface area contributed by atoms with E-state index in [9.17, 15) is 5.11 Å². The van der Waals surface area contributed by atoms with Crippen LogP contribution in [0.3, 0.4) is 0 Å². The standard InChI is InChI=1S/C12H18OS/c1-9-4-6-10(7-5-9)12(13)11-3-2-8-14-11/h2-3,8-10,12-13H,4-7H2,1H3. The summed E-state index contributed by atoms with van der Waals surface area (Å²) in [7, 11) is 0. The molecule has 2 rings (SSSR count). The molecule has 0 saturated heterocycles. The number of hydrogen-bond acceptors (Lipinski definition) is 2. The van der Waals surface area contributed by atoms with Gasteiger partial charge in [0.15, 0.2) is 0 Å². The summed E-state index contributed by atoms with van der Waals surface area (Å²) < 4.78 is 0. The van der Waals surface area contributed by atoms with Crippen molar-refractivity contribution >= 4 is 11.3 Å². The van der Waals surface area contributed by atoms with E-state index in [4.69, 9.17) is 0 Å². The molecule has 0 amide bonds. The van der Waals surface area contributed by atoms with Gasteiger partial charge in [-0.15, -0.1) is 11.3 Å². The maximum atomic E-state index is 10.1. The number of aliphatic hydroxyl groups is 1. The first-order chi connectivity index (χ1) is 6.77. The van der Waals surface area contributed by atoms with Crippen LogP contribution < -0.4 is 0 Å². The largest absolute Gasteiger partial charge is 0.387 e. The van der Waals surface area contributed by atoms with Gasteiger partial charge < -0.3 is 5.11 Å². The van der Waals surface area contributed by atoms with E-state index < -0.39 is 0 Å². The SMILES string of the molecule is CC1CCC(C(O)c2cccs2)CC1. The van der Waals surface area contributed by atoms with Gasteiger partial charge in [-0.1, -0.05) is 25.8 Å². The van der Waals surface area contributed by atoms with E-state index in [1.54, 1.807) is 11.3 Å². The maximum absolute atomic E-state index is 10.1. The van der Waals surface area contributed by atoms with Crippen molar-refractivity contribution < 1.29 is 5.11 Å². The van der Waals surface area contributed by atoms with Crippen molar-refractivity contribution in [2.75, 3.05) is 0 Å². The van der Waals surface area contributed by atoms with Crippen molar-refractivity contribution in [2.24, 2.45) is 11.8 Å². The van der Waals surface area contributed by atoms with Crippen molar-refractivity contribution in [3.05, 3.63) is 22.4 Å². The lowest BCUT2D eigenvalue weighted by Gasteiger charge is -2.29. The summed E-state index contributed by atoms with van der Waals surface area (Å²) in [5.41, 5.74) is 0. The summed E-state index contributed by atoms with van der Waals surface area (Å²) in [5.74, 6) is 1.37. The predicted molar refractivity (Wildman–Crippen MR) is 60.4 cm³/mol. The molecule has 14 heavy (non-hydrogen) atoms. The second-order valence-corrected chi connectivity index (χ2v) is 5.46. The monoisotopic (exact) mass is 210 g/mol. The predicted octanol–water partition coefficient (Wildman–Crippen LogP) is 3.61. The minimum absolute atomic E-state index is 0.206. The molecule has 0 spiro atoms. The summed E-state index contributed by atoms with van der Waals surface area (Å²) in [6, 6.07) is 4.07. The van der Waals surface area contributed by atoms with Crippen LogP contribution in [-0.2, 0) is 0 Å². The number of rotatable bonds is 2. The van der Waals surface area contributed by atoms with E-state index in [2.05, 4.69) is 6.92 Å². The molecule has 0 bridgehead atoms. The van der Waals surface area contributed by atoms with Crippen LogP contribution >= 0.6 is 11.3 Å². The Morgan fingerprint density at radius 2 is 2.07 bits per heavy atom. The van der Waals surface area contributed by atoms with Crippen LogP contribution in [0.25, 0.3) is 0 Å². The molecule has 0 aromatic carbocycles. The fourth-order valence-corrected chi connectivity index (χ4v) is 3.10. The highest BCUT2D eigenvalue weighted by atomic mass is 32.1. The normalized spacial score (nSPS) is 30.1. The zero-order chi connectivity index (χ0) is 9.97. The average molecular weight is 210 g/mol. The minimum atomic E-state index is -0.206. The van der Waals surface area contributed by atoms with E-state index >= 15 is 0 Å². The summed E-state index contributed by atoms with van der Waals surface area (Å²) in [6.45, 7) is 2.31. The maximum Gasteiger partial charge on any atom is 0.0909 e. The molecule has 1 aliphatic carbocycles. The highest BCUT2D eigenvalue weighted by molar-refractivity contribution is 7.10. The Hall–Kier alpha value is -0.340. The second-order valence-electron chi connectivity index (χ2n) is 4.48. The lowest BCUT2D eigenvalue weighted by molar-refractivity contribution is 0.0784. The van der Waals surface area contributed by atoms with Crippen LogP contribution in [0.1, 0.15) is 43.6 Å². The fourth-order valence-electron chi connectivity index (χ4n) is 2.29. The zero-order valence-electron chi connectivity index (χ0n) is 8.65. The third kappa shape index (κ3) is 2.18. The summed E-state index contributed by atoms with van der Waals surface area (Å²) in [6.07, 6.45) is 4.75. The Balaban J connectivity index is 1.95. The van der Waals surface area contributed by atoms with Crippen molar-refractivity contribution in [3.63, 3.8) is 0 Å². The summed E-state index contributed by atoms with van der Waals surface area (Å²) in [4.78, 5) is 1.14. The Kier molecular flexibility index (Phi) is 3.24. The molecular formula is C12H18OS. The Labute approximate surface area is 89.8 Å². The van der Waals surface area contributed by atoms with Gasteiger partial charge in [-0.2, -0.15) is 0 Å². The van der Waals surface area contributed by atoms with Crippen molar-refractivity contribution in [3.8, 4) is 0 Å². The lowest BCUT2D eigenvalue weighted by Crippen LogP contribution is -2.18. The van der Waals surface area contributed by atoms with E-state index in [0.717, 1.165) is 10.8 Å². The van der Waals surface area contributed by atoms with Gasteiger partial charge in [-0.25, -0.2) is 0 Å². The summed E-state index contributed by atoms with van der Waals surface area (Å²) >= 11 is 1.68. The molecule has 2 heteroatoms. The summed E-state index contributed by atoms with van der Waals surface area (Å²) in [5, 5.41) is 12.2. The Morgan fingerprint density at radius 1 is 1.36 bits per heavy atom. The smallest absolute Gasteiger partial charge is 0.0909 e. The van der Waals surface area contributed by atoms with Crippen molar-refractivity contribution in [1.82, 2.24) is 0 Å². The van der Waals surface area contributed by atoms with Gasteiger partial charge in [-0.05, 0) is 36.1 Å². The van der Waals surface area contributed by atoms with E-state index in [0.29, 0.717) is 5.92 Å². The lowest BCUT2D eigenvalue weighted by atomic mass is 9.80. The fraction of sp³-hybridized carbons (Fsp3) is 0.667. The van der Waals surface area contributed by atoms with Crippen LogP contribution in [0.4, 0.5) is 0 Å². The molecule has 0 aliphatic heterocycles. The molecule has 1 aromatic heterocycles. The topological polar surface area (TPSA) is 20.2 Å². The first-order valence-electron chi connectivity index (χ1n) is 5.49. The molecule has 1 fully saturated rings. The van der Waals surface area contributed by atoms with E-state index in [1.165, 1.54) is 25.7 Å². The number of thiophene rings is 1. The van der Waals surface area contributed by atoms with Crippen molar-refractivity contribution in [2.45, 2.75) is 38.7 Å². The quantitative estimate of drug-likeness (QED) is 0.790. The third-order valence-corrected chi connectivity index (χ3v) is 4.28. The molecule has 1 atom stereocenters. The molecule has 1 aliphatic rings. The molecule has 1 N–H and O–H groups in total. The highest BCUT2D eigenvalue weighted by Crippen LogP contribution is 2.37. The molecule has 1 aromatic rings. The molecule has 0 radical (unpaired) electrons. The van der Waals surface area contributed by atoms with Crippen LogP contribution in [0, 0.1) is 11.8 Å². The van der Waals surface area contributed by atoms with Crippen molar-refractivity contribution in [1.29, 1.82) is 0 Å².